The number of hydrogen-bond acceptors (Lipinski definition) is 5. The average Bonchev–Trinajstić information content (AvgIpc) is 3.24. The van der Waals surface area contributed by atoms with Crippen LogP contribution in [0.5, 0.6) is 0 Å². The molecule has 3 rings (SSSR count). The molecule has 0 aromatic carbocycles. The molecule has 2 aliphatic rings. The monoisotopic (exact) mass is 448 g/mol. The van der Waals surface area contributed by atoms with Gasteiger partial charge in [0.05, 0.1) is 18.4 Å². The maximum atomic E-state index is 10.6. The lowest BCUT2D eigenvalue weighted by atomic mass is 9.72. The number of nitrogens with zero attached hydrogens (tertiary/aromatic N) is 2. The van der Waals surface area contributed by atoms with Gasteiger partial charge in [-0.2, -0.15) is 18.3 Å². The third-order valence-corrected chi connectivity index (χ3v) is 6.05. The minimum absolute atomic E-state index is 0.157. The van der Waals surface area contributed by atoms with Crippen molar-refractivity contribution in [1.82, 2.24) is 20.4 Å². The Morgan fingerprint density at radius 3 is 2.48 bits per heavy atom. The van der Waals surface area contributed by atoms with Crippen LogP contribution in [-0.2, 0) is 16.1 Å². The van der Waals surface area contributed by atoms with E-state index in [-0.39, 0.29) is 5.60 Å². The summed E-state index contributed by atoms with van der Waals surface area (Å²) in [5.41, 5.74) is 3.23. The number of likely N-dealkylation sites (N-methyl/N-ethyl adjacent to an activating group) is 2. The minimum Gasteiger partial charge on any atom is -0.475 e. The van der Waals surface area contributed by atoms with Crippen molar-refractivity contribution in [3.63, 3.8) is 0 Å². The summed E-state index contributed by atoms with van der Waals surface area (Å²) in [6, 6.07) is 0. The van der Waals surface area contributed by atoms with E-state index in [9.17, 15) is 13.2 Å². The molecule has 0 radical (unpaired) electrons. The fourth-order valence-corrected chi connectivity index (χ4v) is 4.55. The third-order valence-electron chi connectivity index (χ3n) is 6.05. The third kappa shape index (κ3) is 7.47. The van der Waals surface area contributed by atoms with Crippen LogP contribution in [0.2, 0.25) is 0 Å². The number of ether oxygens (including phenoxy) is 1. The zero-order chi connectivity index (χ0) is 23.3. The number of hydrogen-bond donors (Lipinski definition) is 3. The molecule has 1 aliphatic carbocycles. The molecule has 1 aliphatic heterocycles. The molecule has 2 fully saturated rings. The Morgan fingerprint density at radius 1 is 1.39 bits per heavy atom. The van der Waals surface area contributed by atoms with Crippen LogP contribution in [0.3, 0.4) is 0 Å². The van der Waals surface area contributed by atoms with Gasteiger partial charge in [0.2, 0.25) is 0 Å². The number of halogens is 3. The van der Waals surface area contributed by atoms with Crippen molar-refractivity contribution in [2.24, 2.45) is 5.41 Å². The lowest BCUT2D eigenvalue weighted by Gasteiger charge is -2.37. The van der Waals surface area contributed by atoms with Gasteiger partial charge in [0, 0.05) is 36.8 Å². The summed E-state index contributed by atoms with van der Waals surface area (Å²) in [5.74, 6) is -2.15. The van der Waals surface area contributed by atoms with Gasteiger partial charge in [-0.05, 0) is 51.6 Å². The second kappa shape index (κ2) is 10.3. The SMILES string of the molecule is CNCCN(C)Cc1cn[nH]c1C1CCC2(CC1)CC(C)(C)CO2.O=C(O)C(F)(F)F. The Hall–Kier alpha value is -1.65. The summed E-state index contributed by atoms with van der Waals surface area (Å²) in [5, 5.41) is 18.0. The molecule has 3 N–H and O–H groups in total. The number of carboxylic acids is 1. The van der Waals surface area contributed by atoms with E-state index in [2.05, 4.69) is 41.3 Å². The van der Waals surface area contributed by atoms with Crippen LogP contribution in [-0.4, -0.2) is 71.7 Å². The lowest BCUT2D eigenvalue weighted by molar-refractivity contribution is -0.192. The number of nitrogens with one attached hydrogen (secondary N) is 2. The fourth-order valence-electron chi connectivity index (χ4n) is 4.55. The highest BCUT2D eigenvalue weighted by Crippen LogP contribution is 2.49. The zero-order valence-corrected chi connectivity index (χ0v) is 18.8. The molecule has 0 amide bonds. The maximum Gasteiger partial charge on any atom is 0.490 e. The Balaban J connectivity index is 0.000000423. The van der Waals surface area contributed by atoms with Crippen molar-refractivity contribution in [3.8, 4) is 0 Å². The van der Waals surface area contributed by atoms with Gasteiger partial charge in [-0.25, -0.2) is 4.79 Å². The van der Waals surface area contributed by atoms with E-state index >= 15 is 0 Å². The summed E-state index contributed by atoms with van der Waals surface area (Å²) in [4.78, 5) is 11.3. The molecule has 10 heteroatoms. The highest BCUT2D eigenvalue weighted by Gasteiger charge is 2.46. The first-order chi connectivity index (χ1) is 14.4. The van der Waals surface area contributed by atoms with E-state index in [4.69, 9.17) is 14.6 Å². The van der Waals surface area contributed by atoms with Crippen molar-refractivity contribution < 1.29 is 27.8 Å². The standard InChI is InChI=1S/C19H34N4O.C2HF3O2/c1-18(2)13-19(24-14-18)7-5-15(6-8-19)17-16(11-21-22-17)12-23(4)10-9-20-3;3-2(4,5)1(6)7/h11,15,20H,5-10,12-14H2,1-4H3,(H,21,22);(H,6,7). The Bertz CT molecular complexity index is 713. The first kappa shape index (κ1) is 25.6. The van der Waals surface area contributed by atoms with E-state index in [0.29, 0.717) is 11.3 Å². The largest absolute Gasteiger partial charge is 0.490 e. The number of alkyl halides is 3. The molecule has 0 unspecified atom stereocenters. The highest BCUT2D eigenvalue weighted by molar-refractivity contribution is 5.73. The van der Waals surface area contributed by atoms with E-state index in [1.54, 1.807) is 0 Å². The molecule has 0 bridgehead atoms. The molecular formula is C21H35F3N4O3. The summed E-state index contributed by atoms with van der Waals surface area (Å²) >= 11 is 0. The molecule has 2 heterocycles. The number of rotatable bonds is 6. The van der Waals surface area contributed by atoms with E-state index in [1.807, 2.05) is 13.2 Å². The molecule has 1 saturated carbocycles. The number of carbonyl (C=O) groups is 1. The van der Waals surface area contributed by atoms with Crippen molar-refractivity contribution >= 4 is 5.97 Å². The highest BCUT2D eigenvalue weighted by atomic mass is 19.4. The van der Waals surface area contributed by atoms with Gasteiger partial charge in [-0.3, -0.25) is 5.10 Å². The van der Waals surface area contributed by atoms with E-state index < -0.39 is 12.1 Å². The number of H-pyrrole nitrogens is 1. The molecular weight excluding hydrogens is 413 g/mol. The van der Waals surface area contributed by atoms with Gasteiger partial charge in [-0.15, -0.1) is 0 Å². The first-order valence-corrected chi connectivity index (χ1v) is 10.7. The molecule has 31 heavy (non-hydrogen) atoms. The van der Waals surface area contributed by atoms with Crippen molar-refractivity contribution in [2.75, 3.05) is 33.8 Å². The Labute approximate surface area is 181 Å². The van der Waals surface area contributed by atoms with Gasteiger partial charge in [-0.1, -0.05) is 13.8 Å². The van der Waals surface area contributed by atoms with Crippen LogP contribution in [0.15, 0.2) is 6.20 Å². The quantitative estimate of drug-likeness (QED) is 0.617. The Kier molecular flexibility index (Phi) is 8.52. The van der Waals surface area contributed by atoms with Crippen LogP contribution in [0.25, 0.3) is 0 Å². The van der Waals surface area contributed by atoms with E-state index in [1.165, 1.54) is 43.4 Å². The van der Waals surface area contributed by atoms with Crippen molar-refractivity contribution in [3.05, 3.63) is 17.5 Å². The van der Waals surface area contributed by atoms with Crippen LogP contribution in [0.4, 0.5) is 13.2 Å². The molecule has 7 nitrogen and oxygen atoms in total. The summed E-state index contributed by atoms with van der Waals surface area (Å²) in [6.45, 7) is 8.63. The number of aliphatic carboxylic acids is 1. The van der Waals surface area contributed by atoms with Crippen molar-refractivity contribution in [1.29, 1.82) is 0 Å². The number of aromatic nitrogens is 2. The Morgan fingerprint density at radius 2 is 2.00 bits per heavy atom. The van der Waals surface area contributed by atoms with Gasteiger partial charge >= 0.3 is 12.1 Å². The van der Waals surface area contributed by atoms with Gasteiger partial charge < -0.3 is 20.1 Å². The predicted octanol–water partition coefficient (Wildman–Crippen LogP) is 3.54. The average molecular weight is 449 g/mol. The first-order valence-electron chi connectivity index (χ1n) is 10.7. The van der Waals surface area contributed by atoms with Crippen LogP contribution in [0, 0.1) is 5.41 Å². The van der Waals surface area contributed by atoms with Crippen LogP contribution < -0.4 is 5.32 Å². The summed E-state index contributed by atoms with van der Waals surface area (Å²) in [6.07, 6.45) is 2.96. The maximum absolute atomic E-state index is 10.6. The zero-order valence-electron chi connectivity index (χ0n) is 18.8. The molecule has 178 valence electrons. The topological polar surface area (TPSA) is 90.5 Å². The van der Waals surface area contributed by atoms with Gasteiger partial charge in [0.25, 0.3) is 0 Å². The molecule has 1 aromatic rings. The fraction of sp³-hybridized carbons (Fsp3) is 0.810. The molecule has 1 spiro atoms. The van der Waals surface area contributed by atoms with Crippen LogP contribution >= 0.6 is 0 Å². The normalized spacial score (nSPS) is 25.5. The number of aromatic amines is 1. The molecule has 1 aromatic heterocycles. The predicted molar refractivity (Wildman–Crippen MR) is 111 cm³/mol. The molecule has 0 atom stereocenters. The van der Waals surface area contributed by atoms with Crippen LogP contribution in [0.1, 0.15) is 63.1 Å². The smallest absolute Gasteiger partial charge is 0.475 e. The second-order valence-electron chi connectivity index (χ2n) is 9.54. The van der Waals surface area contributed by atoms with Crippen molar-refractivity contribution in [2.45, 2.75) is 70.2 Å². The minimum atomic E-state index is -5.08. The van der Waals surface area contributed by atoms with Gasteiger partial charge in [0.15, 0.2) is 0 Å². The second-order valence-corrected chi connectivity index (χ2v) is 9.54. The van der Waals surface area contributed by atoms with Gasteiger partial charge in [0.1, 0.15) is 0 Å². The number of carboxylic acid groups (broad SMARTS) is 1. The lowest BCUT2D eigenvalue weighted by Crippen LogP contribution is -2.34. The molecule has 1 saturated heterocycles. The summed E-state index contributed by atoms with van der Waals surface area (Å²) < 4.78 is 38.0. The summed E-state index contributed by atoms with van der Waals surface area (Å²) in [7, 11) is 4.18. The van der Waals surface area contributed by atoms with E-state index in [0.717, 1.165) is 26.2 Å².